The number of hydrogen-bond acceptors (Lipinski definition) is 8. The molecule has 3 aromatic carbocycles. The van der Waals surface area contributed by atoms with Crippen molar-refractivity contribution in [1.29, 1.82) is 5.26 Å². The molecule has 46 heavy (non-hydrogen) atoms. The molecule has 5 aromatic rings. The predicted molar refractivity (Wildman–Crippen MR) is 172 cm³/mol. The number of fused-ring (bicyclic) bond motifs is 1. The largest absolute Gasteiger partial charge is 0.378 e. The van der Waals surface area contributed by atoms with Gasteiger partial charge < -0.3 is 15.4 Å². The molecule has 0 amide bonds. The van der Waals surface area contributed by atoms with Crippen molar-refractivity contribution in [1.82, 2.24) is 24.9 Å². The first-order valence-electron chi connectivity index (χ1n) is 14.9. The number of piperidine rings is 1. The van der Waals surface area contributed by atoms with Crippen LogP contribution in [0.25, 0.3) is 10.9 Å². The van der Waals surface area contributed by atoms with Gasteiger partial charge in [0, 0.05) is 47.1 Å². The number of pyridine rings is 1. The Kier molecular flexibility index (Phi) is 8.44. The lowest BCUT2D eigenvalue weighted by Crippen LogP contribution is -2.51. The Morgan fingerprint density at radius 3 is 2.43 bits per heavy atom. The number of hydrogen-bond donors (Lipinski definition) is 2. The van der Waals surface area contributed by atoms with Crippen LogP contribution in [0.5, 0.6) is 0 Å². The third-order valence-electron chi connectivity index (χ3n) is 8.58. The van der Waals surface area contributed by atoms with Gasteiger partial charge in [-0.3, -0.25) is 9.88 Å². The average Bonchev–Trinajstić information content (AvgIpc) is 3.52. The fraction of sp³-hybridized carbons (Fsp3) is 0.273. The lowest BCUT2D eigenvalue weighted by Gasteiger charge is -2.41. The molecule has 0 aliphatic carbocycles. The Morgan fingerprint density at radius 2 is 1.74 bits per heavy atom. The summed E-state index contributed by atoms with van der Waals surface area (Å²) in [5.74, 6) is -1.99. The zero-order chi connectivity index (χ0) is 31.8. The lowest BCUT2D eigenvalue weighted by atomic mass is 10.0. The van der Waals surface area contributed by atoms with Crippen LogP contribution in [0, 0.1) is 23.0 Å². The second-order valence-corrected chi connectivity index (χ2v) is 12.3. The van der Waals surface area contributed by atoms with Crippen molar-refractivity contribution in [2.75, 3.05) is 36.9 Å². The van der Waals surface area contributed by atoms with Gasteiger partial charge in [-0.15, -0.1) is 5.10 Å². The average molecular weight is 662 g/mol. The van der Waals surface area contributed by atoms with Gasteiger partial charge in [0.05, 0.1) is 59.3 Å². The molecule has 1 atom stereocenters. The molecular weight excluding hydrogens is 633 g/mol. The van der Waals surface area contributed by atoms with E-state index in [4.69, 9.17) is 27.9 Å². The van der Waals surface area contributed by atoms with Gasteiger partial charge in [-0.05, 0) is 54.8 Å². The molecule has 2 aromatic heterocycles. The molecule has 2 saturated heterocycles. The van der Waals surface area contributed by atoms with Crippen LogP contribution in [0.4, 0.5) is 25.8 Å². The summed E-state index contributed by atoms with van der Waals surface area (Å²) in [5.41, 5.74) is 3.49. The third kappa shape index (κ3) is 6.09. The van der Waals surface area contributed by atoms with E-state index in [2.05, 4.69) is 36.9 Å². The normalized spacial score (nSPS) is 16.6. The SMILES string of the molecule is N#Cc1cnc2c(Cl)cc(NC(c3ccc(Cl)cc3)c3cn(C4CCN(C5COC5)CC4)nn3)cc2c1Nc1ccc(F)c(F)c1. The Morgan fingerprint density at radius 1 is 0.957 bits per heavy atom. The summed E-state index contributed by atoms with van der Waals surface area (Å²) in [6.45, 7) is 3.59. The smallest absolute Gasteiger partial charge is 0.160 e. The number of benzene rings is 3. The Labute approximate surface area is 273 Å². The Hall–Kier alpha value is -4.34. The molecule has 0 radical (unpaired) electrons. The molecule has 2 aliphatic heterocycles. The predicted octanol–water partition coefficient (Wildman–Crippen LogP) is 7.26. The van der Waals surface area contributed by atoms with Crippen LogP contribution < -0.4 is 10.6 Å². The van der Waals surface area contributed by atoms with Crippen LogP contribution in [-0.4, -0.2) is 57.2 Å². The van der Waals surface area contributed by atoms with E-state index in [9.17, 15) is 14.0 Å². The van der Waals surface area contributed by atoms with Crippen molar-refractivity contribution in [3.63, 3.8) is 0 Å². The summed E-state index contributed by atoms with van der Waals surface area (Å²) >= 11 is 13.0. The van der Waals surface area contributed by atoms with Crippen LogP contribution in [0.2, 0.25) is 10.0 Å². The maximum Gasteiger partial charge on any atom is 0.160 e. The van der Waals surface area contributed by atoms with Crippen molar-refractivity contribution < 1.29 is 13.5 Å². The van der Waals surface area contributed by atoms with E-state index in [1.807, 2.05) is 41.2 Å². The van der Waals surface area contributed by atoms with Gasteiger partial charge in [0.15, 0.2) is 11.6 Å². The zero-order valence-electron chi connectivity index (χ0n) is 24.4. The molecule has 2 aliphatic rings. The maximum absolute atomic E-state index is 14.0. The molecule has 13 heteroatoms. The number of nitriles is 1. The summed E-state index contributed by atoms with van der Waals surface area (Å²) in [6, 6.07) is 16.9. The van der Waals surface area contributed by atoms with E-state index in [0.29, 0.717) is 44.1 Å². The number of nitrogens with one attached hydrogen (secondary N) is 2. The molecule has 4 heterocycles. The van der Waals surface area contributed by atoms with Gasteiger partial charge in [-0.1, -0.05) is 40.5 Å². The second-order valence-electron chi connectivity index (χ2n) is 11.5. The highest BCUT2D eigenvalue weighted by Gasteiger charge is 2.31. The standard InChI is InChI=1S/C33H28Cl2F2N8O/c34-21-3-1-19(2-4-21)32(30-16-45(43-42-30)24-7-9-44(10-8-24)25-17-46-18-25)41-23-11-26-31(40-22-5-6-28(36)29(37)13-22)20(14-38)15-39-33(26)27(35)12-23/h1-6,11-13,15-16,24-25,32,41H,7-10,17-18H2,(H,39,40). The summed E-state index contributed by atoms with van der Waals surface area (Å²) in [5, 5.41) is 27.1. The van der Waals surface area contributed by atoms with Gasteiger partial charge in [0.25, 0.3) is 0 Å². The number of ether oxygens (including phenoxy) is 1. The highest BCUT2D eigenvalue weighted by molar-refractivity contribution is 6.36. The molecule has 9 nitrogen and oxygen atoms in total. The summed E-state index contributed by atoms with van der Waals surface area (Å²) < 4.78 is 35.0. The highest BCUT2D eigenvalue weighted by atomic mass is 35.5. The van der Waals surface area contributed by atoms with E-state index < -0.39 is 17.7 Å². The number of nitrogens with zero attached hydrogens (tertiary/aromatic N) is 6. The van der Waals surface area contributed by atoms with Gasteiger partial charge in [-0.2, -0.15) is 5.26 Å². The number of likely N-dealkylation sites (tertiary alicyclic amines) is 1. The van der Waals surface area contributed by atoms with Crippen molar-refractivity contribution in [3.05, 3.63) is 105 Å². The zero-order valence-corrected chi connectivity index (χ0v) is 25.9. The maximum atomic E-state index is 14.0. The monoisotopic (exact) mass is 660 g/mol. The first kappa shape index (κ1) is 30.3. The van der Waals surface area contributed by atoms with Crippen molar-refractivity contribution in [2.45, 2.75) is 31.0 Å². The first-order valence-corrected chi connectivity index (χ1v) is 15.6. The quantitative estimate of drug-likeness (QED) is 0.179. The molecule has 1 unspecified atom stereocenters. The van der Waals surface area contributed by atoms with Crippen LogP contribution >= 0.6 is 23.2 Å². The third-order valence-corrected chi connectivity index (χ3v) is 9.12. The van der Waals surface area contributed by atoms with Gasteiger partial charge in [-0.25, -0.2) is 13.5 Å². The van der Waals surface area contributed by atoms with Gasteiger partial charge in [0.1, 0.15) is 11.8 Å². The summed E-state index contributed by atoms with van der Waals surface area (Å²) in [6.07, 6.45) is 5.32. The van der Waals surface area contributed by atoms with Crippen molar-refractivity contribution in [2.24, 2.45) is 0 Å². The second kappa shape index (κ2) is 12.8. The van der Waals surface area contributed by atoms with Crippen LogP contribution in [-0.2, 0) is 4.74 Å². The van der Waals surface area contributed by atoms with E-state index in [0.717, 1.165) is 56.8 Å². The molecule has 0 spiro atoms. The fourth-order valence-electron chi connectivity index (χ4n) is 5.98. The van der Waals surface area contributed by atoms with Crippen molar-refractivity contribution in [3.8, 4) is 6.07 Å². The Balaban J connectivity index is 1.22. The summed E-state index contributed by atoms with van der Waals surface area (Å²) in [4.78, 5) is 6.89. The molecule has 0 bridgehead atoms. The van der Waals surface area contributed by atoms with Crippen molar-refractivity contribution >= 4 is 51.2 Å². The minimum Gasteiger partial charge on any atom is -0.378 e. The summed E-state index contributed by atoms with van der Waals surface area (Å²) in [7, 11) is 0. The van der Waals surface area contributed by atoms with E-state index >= 15 is 0 Å². The minimum atomic E-state index is -1.01. The van der Waals surface area contributed by atoms with Gasteiger partial charge in [0.2, 0.25) is 0 Å². The number of halogens is 4. The minimum absolute atomic E-state index is 0.207. The molecule has 234 valence electrons. The Bertz CT molecular complexity index is 1940. The van der Waals surface area contributed by atoms with E-state index in [-0.39, 0.29) is 17.3 Å². The molecule has 0 saturated carbocycles. The topological polar surface area (TPSA) is 104 Å². The first-order chi connectivity index (χ1) is 22.4. The highest BCUT2D eigenvalue weighted by Crippen LogP contribution is 2.37. The van der Waals surface area contributed by atoms with Gasteiger partial charge >= 0.3 is 0 Å². The molecular formula is C33H28Cl2F2N8O. The van der Waals surface area contributed by atoms with Crippen LogP contribution in [0.3, 0.4) is 0 Å². The molecule has 2 N–H and O–H groups in total. The molecule has 2 fully saturated rings. The number of rotatable bonds is 8. The fourth-order valence-corrected chi connectivity index (χ4v) is 6.38. The van der Waals surface area contributed by atoms with E-state index in [1.54, 1.807) is 6.07 Å². The molecule has 7 rings (SSSR count). The number of aromatic nitrogens is 4. The van der Waals surface area contributed by atoms with Crippen LogP contribution in [0.1, 0.15) is 41.7 Å². The van der Waals surface area contributed by atoms with Crippen LogP contribution in [0.15, 0.2) is 67.0 Å². The lowest BCUT2D eigenvalue weighted by molar-refractivity contribution is -0.0734. The number of anilines is 3. The van der Waals surface area contributed by atoms with E-state index in [1.165, 1.54) is 12.3 Å².